The van der Waals surface area contributed by atoms with Crippen molar-refractivity contribution in [1.82, 2.24) is 0 Å². The van der Waals surface area contributed by atoms with E-state index in [9.17, 15) is 48.5 Å². The zero-order chi connectivity index (χ0) is 50.0. The van der Waals surface area contributed by atoms with Gasteiger partial charge in [-0.1, -0.05) is 69.9 Å². The van der Waals surface area contributed by atoms with Crippen LogP contribution in [-0.4, -0.2) is 50.7 Å². The molecule has 0 bridgehead atoms. The van der Waals surface area contributed by atoms with Gasteiger partial charge in [0.2, 0.25) is 11.8 Å². The largest absolute Gasteiger partial charge is 0.456 e. The summed E-state index contributed by atoms with van der Waals surface area (Å²) in [5.41, 5.74) is 4.56. The molecule has 16 nitrogen and oxygen atoms in total. The van der Waals surface area contributed by atoms with Crippen LogP contribution in [-0.2, 0) is 39.9 Å². The molecule has 0 aromatic heterocycles. The van der Waals surface area contributed by atoms with E-state index in [2.05, 4.69) is 16.0 Å². The van der Waals surface area contributed by atoms with Gasteiger partial charge in [0.05, 0.1) is 16.7 Å². The molecule has 68 heavy (non-hydrogen) atoms. The molecule has 1 heterocycles. The standard InChI is InChI=1S/C49H56N4O12S3/c1-9-11-13-19-43(54)52-48-29(5)21-27(3)46(31(48)7)50-36-25-38-34(23-41(36)67(59,60)61)45(33-17-15-16-18-40(33)66(56,57)58)35-24-42(68(62,63)64)37(26-39(35)65-38)51-47-28(4)22-30(6)49(32(47)8)53-44(55)20-14-12-10-2/h15-18,21-26,50H,9-14,19-20H2,1-8H3,(H,52,54)(H,53,55)(H,56,57,58)(H,59,60,61)(H,62,63,64)/b51-37+. The zero-order valence-corrected chi connectivity index (χ0v) is 41.6. The topological polar surface area (TPSA) is 259 Å². The van der Waals surface area contributed by atoms with E-state index in [-0.39, 0.29) is 68.4 Å². The van der Waals surface area contributed by atoms with Crippen LogP contribution in [0.4, 0.5) is 28.4 Å². The molecule has 0 unspecified atom stereocenters. The van der Waals surface area contributed by atoms with Crippen molar-refractivity contribution in [3.05, 3.63) is 99.4 Å². The highest BCUT2D eigenvalue weighted by Gasteiger charge is 2.29. The van der Waals surface area contributed by atoms with E-state index in [0.717, 1.165) is 55.0 Å². The number of rotatable bonds is 17. The highest BCUT2D eigenvalue weighted by molar-refractivity contribution is 7.86. The number of unbranched alkanes of at least 4 members (excludes halogenated alkanes) is 4. The minimum Gasteiger partial charge on any atom is -0.456 e. The Balaban J connectivity index is 1.69. The quantitative estimate of drug-likeness (QED) is 0.0283. The number of anilines is 4. The highest BCUT2D eigenvalue weighted by Crippen LogP contribution is 2.46. The van der Waals surface area contributed by atoms with Gasteiger partial charge in [-0.25, -0.2) is 4.99 Å². The molecule has 0 saturated carbocycles. The maximum Gasteiger partial charge on any atom is 0.296 e. The van der Waals surface area contributed by atoms with Crippen molar-refractivity contribution in [2.75, 3.05) is 16.0 Å². The number of fused-ring (bicyclic) bond motifs is 2. The molecule has 2 aliphatic rings. The summed E-state index contributed by atoms with van der Waals surface area (Å²) in [5.74, 6) is -0.541. The Morgan fingerprint density at radius 2 is 1.12 bits per heavy atom. The fourth-order valence-corrected chi connectivity index (χ4v) is 10.6. The van der Waals surface area contributed by atoms with Crippen LogP contribution in [0.25, 0.3) is 33.4 Å². The molecule has 19 heteroatoms. The second kappa shape index (κ2) is 20.3. The third-order valence-corrected chi connectivity index (χ3v) is 14.5. The van der Waals surface area contributed by atoms with Crippen molar-refractivity contribution >= 4 is 81.6 Å². The SMILES string of the molecule is CCCCCC(=O)Nc1c(C)cc(C)c(/N=c2\cc3oc4cc(Nc5c(C)cc(C)c(NC(=O)CCCCC)c5C)c(S(=O)(=O)O)cc4c(-c4ccccc4S(=O)(=O)O)c-3cc2S(=O)(=O)O)c1C. The van der Waals surface area contributed by atoms with Crippen molar-refractivity contribution in [1.29, 1.82) is 0 Å². The molecule has 0 atom stereocenters. The molecule has 1 aliphatic carbocycles. The van der Waals surface area contributed by atoms with Crippen LogP contribution < -0.4 is 21.3 Å². The summed E-state index contributed by atoms with van der Waals surface area (Å²) in [6, 6.07) is 13.2. The Bertz CT molecular complexity index is 3380. The van der Waals surface area contributed by atoms with Gasteiger partial charge in [-0.2, -0.15) is 25.3 Å². The second-order valence-electron chi connectivity index (χ2n) is 17.1. The van der Waals surface area contributed by atoms with Crippen molar-refractivity contribution < 1.29 is 52.9 Å². The summed E-state index contributed by atoms with van der Waals surface area (Å²) in [5, 5.41) is 8.59. The Kier molecular flexibility index (Phi) is 15.4. The maximum absolute atomic E-state index is 13.4. The molecule has 0 spiro atoms. The van der Waals surface area contributed by atoms with Crippen molar-refractivity contribution in [3.63, 3.8) is 0 Å². The monoisotopic (exact) mass is 988 g/mol. The molecule has 2 amide bonds. The predicted molar refractivity (Wildman–Crippen MR) is 263 cm³/mol. The van der Waals surface area contributed by atoms with E-state index in [1.165, 1.54) is 30.3 Å². The maximum atomic E-state index is 13.4. The number of amides is 2. The van der Waals surface area contributed by atoms with Crippen LogP contribution in [0.5, 0.6) is 0 Å². The Morgan fingerprint density at radius 3 is 1.68 bits per heavy atom. The van der Waals surface area contributed by atoms with Gasteiger partial charge >= 0.3 is 0 Å². The lowest BCUT2D eigenvalue weighted by molar-refractivity contribution is -0.117. The smallest absolute Gasteiger partial charge is 0.296 e. The van der Waals surface area contributed by atoms with Gasteiger partial charge in [0.15, 0.2) is 0 Å². The predicted octanol–water partition coefficient (Wildman–Crippen LogP) is 10.8. The normalized spacial score (nSPS) is 12.5. The average Bonchev–Trinajstić information content (AvgIpc) is 3.24. The summed E-state index contributed by atoms with van der Waals surface area (Å²) in [7, 11) is -15.3. The molecule has 362 valence electrons. The summed E-state index contributed by atoms with van der Waals surface area (Å²) < 4.78 is 118. The number of aryl methyl sites for hydroxylation is 4. The van der Waals surface area contributed by atoms with E-state index >= 15 is 0 Å². The Morgan fingerprint density at radius 1 is 0.588 bits per heavy atom. The Labute approximate surface area is 396 Å². The molecular formula is C49H56N4O12S3. The lowest BCUT2D eigenvalue weighted by Crippen LogP contribution is -2.17. The lowest BCUT2D eigenvalue weighted by Gasteiger charge is -2.22. The zero-order valence-electron chi connectivity index (χ0n) is 39.1. The van der Waals surface area contributed by atoms with Gasteiger partial charge in [0.25, 0.3) is 30.4 Å². The first-order valence-corrected chi connectivity index (χ1v) is 26.4. The molecular weight excluding hydrogens is 933 g/mol. The van der Waals surface area contributed by atoms with E-state index in [4.69, 9.17) is 9.41 Å². The summed E-state index contributed by atoms with van der Waals surface area (Å²) in [4.78, 5) is 28.6. The fourth-order valence-electron chi connectivity index (χ4n) is 8.57. The van der Waals surface area contributed by atoms with Crippen molar-refractivity contribution in [3.8, 4) is 22.5 Å². The number of carbonyl (C=O) groups excluding carboxylic acids is 2. The van der Waals surface area contributed by atoms with Gasteiger partial charge in [0.1, 0.15) is 26.0 Å². The van der Waals surface area contributed by atoms with Crippen molar-refractivity contribution in [2.45, 2.75) is 121 Å². The molecule has 4 aromatic carbocycles. The fraction of sp³-hybridized carbons (Fsp3) is 0.327. The van der Waals surface area contributed by atoms with Crippen LogP contribution in [0.15, 0.2) is 84.8 Å². The number of hydrogen-bond donors (Lipinski definition) is 6. The number of carbonyl (C=O) groups is 2. The van der Waals surface area contributed by atoms with E-state index in [0.29, 0.717) is 58.6 Å². The van der Waals surface area contributed by atoms with Gasteiger partial charge in [-0.05, 0) is 106 Å². The molecule has 1 aliphatic heterocycles. The number of benzene rings is 5. The van der Waals surface area contributed by atoms with Crippen LogP contribution in [0.3, 0.4) is 0 Å². The Hall–Kier alpha value is -5.96. The molecule has 6 N–H and O–H groups in total. The van der Waals surface area contributed by atoms with Gasteiger partial charge in [-0.3, -0.25) is 23.2 Å². The molecule has 0 radical (unpaired) electrons. The third kappa shape index (κ3) is 11.1. The second-order valence-corrected chi connectivity index (χ2v) is 21.2. The number of hydrogen-bond acceptors (Lipinski definition) is 11. The molecule has 4 aromatic rings. The number of nitrogens with zero attached hydrogens (tertiary/aromatic N) is 1. The van der Waals surface area contributed by atoms with E-state index < -0.39 is 45.0 Å². The van der Waals surface area contributed by atoms with Gasteiger partial charge < -0.3 is 20.4 Å². The average molecular weight is 989 g/mol. The first-order valence-electron chi connectivity index (χ1n) is 22.1. The van der Waals surface area contributed by atoms with Crippen LogP contribution in [0.1, 0.15) is 98.6 Å². The lowest BCUT2D eigenvalue weighted by atomic mass is 9.93. The van der Waals surface area contributed by atoms with Crippen LogP contribution in [0, 0.1) is 41.5 Å². The van der Waals surface area contributed by atoms with E-state index in [1.54, 1.807) is 39.8 Å². The van der Waals surface area contributed by atoms with Crippen molar-refractivity contribution in [2.24, 2.45) is 4.99 Å². The molecule has 6 rings (SSSR count). The van der Waals surface area contributed by atoms with Crippen LogP contribution >= 0.6 is 0 Å². The third-order valence-electron chi connectivity index (χ3n) is 11.8. The molecule has 0 fully saturated rings. The minimum atomic E-state index is -5.16. The minimum absolute atomic E-state index is 0.110. The number of nitrogens with one attached hydrogen (secondary N) is 3. The first-order chi connectivity index (χ1) is 31.8. The molecule has 0 saturated heterocycles. The highest BCUT2D eigenvalue weighted by atomic mass is 32.2. The van der Waals surface area contributed by atoms with Gasteiger partial charge in [0, 0.05) is 64.1 Å². The summed E-state index contributed by atoms with van der Waals surface area (Å²) in [6.07, 6.45) is 5.57. The first kappa shape index (κ1) is 51.4. The van der Waals surface area contributed by atoms with E-state index in [1.807, 2.05) is 27.7 Å². The summed E-state index contributed by atoms with van der Waals surface area (Å²) in [6.45, 7) is 14.6. The van der Waals surface area contributed by atoms with Crippen LogP contribution in [0.2, 0.25) is 0 Å². The summed E-state index contributed by atoms with van der Waals surface area (Å²) >= 11 is 0. The van der Waals surface area contributed by atoms with Gasteiger partial charge in [-0.15, -0.1) is 0 Å².